The Hall–Kier alpha value is -1.47. The second kappa shape index (κ2) is 7.83. The Morgan fingerprint density at radius 2 is 2.04 bits per heavy atom. The van der Waals surface area contributed by atoms with Gasteiger partial charge in [-0.2, -0.15) is 0 Å². The van der Waals surface area contributed by atoms with Crippen molar-refractivity contribution in [3.05, 3.63) is 16.0 Å². The summed E-state index contributed by atoms with van der Waals surface area (Å²) >= 11 is 6.80. The van der Waals surface area contributed by atoms with Gasteiger partial charge in [-0.3, -0.25) is 4.79 Å². The van der Waals surface area contributed by atoms with Crippen molar-refractivity contribution < 1.29 is 14.3 Å². The van der Waals surface area contributed by atoms with E-state index in [2.05, 4.69) is 17.6 Å². The summed E-state index contributed by atoms with van der Waals surface area (Å²) in [4.78, 5) is 25.8. The number of esters is 1. The number of hydrogen-bond donors (Lipinski definition) is 2. The van der Waals surface area contributed by atoms with Crippen LogP contribution in [0.2, 0.25) is 0 Å². The van der Waals surface area contributed by atoms with Gasteiger partial charge in [-0.05, 0) is 49.9 Å². The van der Waals surface area contributed by atoms with Crippen LogP contribution in [-0.4, -0.2) is 23.6 Å². The van der Waals surface area contributed by atoms with Crippen molar-refractivity contribution in [2.75, 3.05) is 11.9 Å². The Balaban J connectivity index is 2.26. The number of fused-ring (bicyclic) bond motifs is 1. The molecule has 1 unspecified atom stereocenters. The van der Waals surface area contributed by atoms with Crippen LogP contribution >= 0.6 is 23.6 Å². The van der Waals surface area contributed by atoms with Gasteiger partial charge in [0.25, 0.3) is 0 Å². The van der Waals surface area contributed by atoms with Gasteiger partial charge in [0.15, 0.2) is 5.11 Å². The van der Waals surface area contributed by atoms with Crippen molar-refractivity contribution >= 4 is 45.5 Å². The molecule has 0 saturated heterocycles. The number of thiophene rings is 1. The highest BCUT2D eigenvalue weighted by Gasteiger charge is 2.29. The normalized spacial score (nSPS) is 16.8. The van der Waals surface area contributed by atoms with Gasteiger partial charge in [-0.1, -0.05) is 27.7 Å². The second-order valence-electron chi connectivity index (χ2n) is 7.43. The van der Waals surface area contributed by atoms with Crippen molar-refractivity contribution in [3.63, 3.8) is 0 Å². The van der Waals surface area contributed by atoms with Crippen molar-refractivity contribution in [1.29, 1.82) is 0 Å². The first-order valence-electron chi connectivity index (χ1n) is 8.57. The van der Waals surface area contributed by atoms with E-state index in [1.807, 2.05) is 20.8 Å². The summed E-state index contributed by atoms with van der Waals surface area (Å²) in [6.45, 7) is 9.79. The monoisotopic (exact) mass is 382 g/mol. The molecule has 0 aromatic carbocycles. The molecule has 0 radical (unpaired) electrons. The fourth-order valence-corrected chi connectivity index (χ4v) is 4.35. The Kier molecular flexibility index (Phi) is 6.21. The summed E-state index contributed by atoms with van der Waals surface area (Å²) < 4.78 is 5.23. The van der Waals surface area contributed by atoms with Crippen LogP contribution in [0.15, 0.2) is 0 Å². The quantitative estimate of drug-likeness (QED) is 0.613. The lowest BCUT2D eigenvalue weighted by Gasteiger charge is -2.19. The molecule has 2 N–H and O–H groups in total. The second-order valence-corrected chi connectivity index (χ2v) is 8.95. The van der Waals surface area contributed by atoms with Crippen LogP contribution in [0.4, 0.5) is 5.00 Å². The minimum atomic E-state index is -0.542. The average molecular weight is 383 g/mol. The van der Waals surface area contributed by atoms with E-state index in [0.29, 0.717) is 23.1 Å². The molecule has 1 amide bonds. The maximum Gasteiger partial charge on any atom is 0.341 e. The van der Waals surface area contributed by atoms with Crippen molar-refractivity contribution in [2.24, 2.45) is 11.3 Å². The Morgan fingerprint density at radius 3 is 2.64 bits per heavy atom. The van der Waals surface area contributed by atoms with E-state index in [1.165, 1.54) is 16.2 Å². The number of nitrogens with one attached hydrogen (secondary N) is 2. The summed E-state index contributed by atoms with van der Waals surface area (Å²) in [5, 5.41) is 6.60. The molecule has 0 saturated carbocycles. The standard InChI is InChI=1S/C18H26N2O3S2/c1-6-23-15(21)13-11-8-7-10(2)9-12(11)25-14(13)19-17(24)20-16(22)18(3,4)5/h10H,6-9H2,1-5H3,(H2,19,20,22,24). The molecule has 25 heavy (non-hydrogen) atoms. The molecule has 0 aliphatic heterocycles. The Bertz CT molecular complexity index is 689. The predicted octanol–water partition coefficient (Wildman–Crippen LogP) is 3.91. The number of ether oxygens (including phenoxy) is 1. The summed E-state index contributed by atoms with van der Waals surface area (Å²) in [5.41, 5.74) is 1.09. The van der Waals surface area contributed by atoms with E-state index in [1.54, 1.807) is 6.92 Å². The zero-order valence-electron chi connectivity index (χ0n) is 15.4. The molecule has 1 atom stereocenters. The van der Waals surface area contributed by atoms with E-state index in [9.17, 15) is 9.59 Å². The van der Waals surface area contributed by atoms with E-state index < -0.39 is 5.41 Å². The van der Waals surface area contributed by atoms with Crippen LogP contribution < -0.4 is 10.6 Å². The van der Waals surface area contributed by atoms with Crippen LogP contribution in [0.3, 0.4) is 0 Å². The Labute approximate surface area is 158 Å². The van der Waals surface area contributed by atoms with Gasteiger partial charge in [-0.25, -0.2) is 4.79 Å². The maximum absolute atomic E-state index is 12.5. The van der Waals surface area contributed by atoms with Gasteiger partial charge in [0.05, 0.1) is 12.2 Å². The summed E-state index contributed by atoms with van der Waals surface area (Å²) in [6, 6.07) is 0. The molecular formula is C18H26N2O3S2. The van der Waals surface area contributed by atoms with Crippen LogP contribution in [-0.2, 0) is 22.4 Å². The SMILES string of the molecule is CCOC(=O)c1c(NC(=S)NC(=O)C(C)(C)C)sc2c1CCC(C)C2. The molecular weight excluding hydrogens is 356 g/mol. The molecule has 1 aliphatic carbocycles. The number of carbonyl (C=O) groups excluding carboxylic acids is 2. The van der Waals surface area contributed by atoms with Crippen molar-refractivity contribution in [3.8, 4) is 0 Å². The summed E-state index contributed by atoms with van der Waals surface area (Å²) in [6.07, 6.45) is 2.87. The topological polar surface area (TPSA) is 67.4 Å². The lowest BCUT2D eigenvalue weighted by atomic mass is 9.88. The molecule has 0 fully saturated rings. The van der Waals surface area contributed by atoms with Gasteiger partial charge in [0, 0.05) is 10.3 Å². The number of thiocarbonyl (C=S) groups is 1. The van der Waals surface area contributed by atoms with Crippen LogP contribution in [0.25, 0.3) is 0 Å². The average Bonchev–Trinajstić information content (AvgIpc) is 2.82. The van der Waals surface area contributed by atoms with Crippen molar-refractivity contribution in [2.45, 2.75) is 53.9 Å². The molecule has 5 nitrogen and oxygen atoms in total. The minimum Gasteiger partial charge on any atom is -0.462 e. The number of hydrogen-bond acceptors (Lipinski definition) is 5. The van der Waals surface area contributed by atoms with Crippen molar-refractivity contribution in [1.82, 2.24) is 5.32 Å². The highest BCUT2D eigenvalue weighted by molar-refractivity contribution is 7.80. The summed E-state index contributed by atoms with van der Waals surface area (Å²) in [7, 11) is 0. The molecule has 0 spiro atoms. The molecule has 1 heterocycles. The smallest absolute Gasteiger partial charge is 0.341 e. The molecule has 1 aromatic heterocycles. The fraction of sp³-hybridized carbons (Fsp3) is 0.611. The fourth-order valence-electron chi connectivity index (χ4n) is 2.68. The van der Waals surface area contributed by atoms with Gasteiger partial charge >= 0.3 is 5.97 Å². The highest BCUT2D eigenvalue weighted by Crippen LogP contribution is 2.40. The lowest BCUT2D eigenvalue weighted by Crippen LogP contribution is -2.41. The third-order valence-electron chi connectivity index (χ3n) is 4.13. The van der Waals surface area contributed by atoms with Gasteiger partial charge in [-0.15, -0.1) is 11.3 Å². The maximum atomic E-state index is 12.5. The molecule has 1 aliphatic rings. The van der Waals surface area contributed by atoms with Crippen LogP contribution in [0.5, 0.6) is 0 Å². The molecule has 0 bridgehead atoms. The van der Waals surface area contributed by atoms with E-state index in [4.69, 9.17) is 17.0 Å². The zero-order chi connectivity index (χ0) is 18.8. The van der Waals surface area contributed by atoms with Crippen LogP contribution in [0, 0.1) is 11.3 Å². The highest BCUT2D eigenvalue weighted by atomic mass is 32.1. The first-order chi connectivity index (χ1) is 11.6. The van der Waals surface area contributed by atoms with Crippen LogP contribution in [0.1, 0.15) is 61.8 Å². The summed E-state index contributed by atoms with van der Waals surface area (Å²) in [5.74, 6) is 0.0983. The van der Waals surface area contributed by atoms with E-state index in [0.717, 1.165) is 24.8 Å². The first-order valence-corrected chi connectivity index (χ1v) is 9.80. The third kappa shape index (κ3) is 4.79. The number of rotatable bonds is 3. The number of carbonyl (C=O) groups is 2. The number of anilines is 1. The van der Waals surface area contributed by atoms with Gasteiger partial charge < -0.3 is 15.4 Å². The third-order valence-corrected chi connectivity index (χ3v) is 5.50. The van der Waals surface area contributed by atoms with Gasteiger partial charge in [0.2, 0.25) is 5.91 Å². The van der Waals surface area contributed by atoms with E-state index >= 15 is 0 Å². The van der Waals surface area contributed by atoms with E-state index in [-0.39, 0.29) is 17.0 Å². The molecule has 2 rings (SSSR count). The molecule has 7 heteroatoms. The molecule has 138 valence electrons. The minimum absolute atomic E-state index is 0.169. The lowest BCUT2D eigenvalue weighted by molar-refractivity contribution is -0.126. The zero-order valence-corrected chi connectivity index (χ0v) is 17.1. The van der Waals surface area contributed by atoms with Gasteiger partial charge in [0.1, 0.15) is 5.00 Å². The number of amides is 1. The largest absolute Gasteiger partial charge is 0.462 e. The predicted molar refractivity (Wildman–Crippen MR) is 105 cm³/mol. The molecule has 1 aromatic rings. The Morgan fingerprint density at radius 1 is 1.36 bits per heavy atom. The first kappa shape index (κ1) is 19.8.